The summed E-state index contributed by atoms with van der Waals surface area (Å²) in [5, 5.41) is 24.4. The fourth-order valence-corrected chi connectivity index (χ4v) is 5.46. The van der Waals surface area contributed by atoms with Gasteiger partial charge in [-0.2, -0.15) is 0 Å². The number of piperidine rings is 1. The van der Waals surface area contributed by atoms with Crippen LogP contribution >= 0.6 is 11.3 Å². The first kappa shape index (κ1) is 26.0. The van der Waals surface area contributed by atoms with Gasteiger partial charge in [0.2, 0.25) is 0 Å². The second-order valence-electron chi connectivity index (χ2n) is 9.53. The van der Waals surface area contributed by atoms with Crippen LogP contribution < -0.4 is 9.64 Å². The highest BCUT2D eigenvalue weighted by Crippen LogP contribution is 2.41. The fraction of sp³-hybridized carbons (Fsp3) is 0.429. The number of anilines is 1. The van der Waals surface area contributed by atoms with Crippen LogP contribution in [0.1, 0.15) is 42.2 Å². The molecule has 7 nitrogen and oxygen atoms in total. The molecule has 2 N–H and O–H groups in total. The van der Waals surface area contributed by atoms with Gasteiger partial charge in [0.1, 0.15) is 5.75 Å². The van der Waals surface area contributed by atoms with Gasteiger partial charge in [0.15, 0.2) is 0 Å². The van der Waals surface area contributed by atoms with Gasteiger partial charge in [-0.1, -0.05) is 17.9 Å². The average molecular weight is 508 g/mol. The van der Waals surface area contributed by atoms with Crippen LogP contribution in [0.2, 0.25) is 0 Å². The predicted octanol–water partition coefficient (Wildman–Crippen LogP) is 4.40. The first-order valence-electron chi connectivity index (χ1n) is 12.1. The van der Waals surface area contributed by atoms with Gasteiger partial charge < -0.3 is 19.8 Å². The Morgan fingerprint density at radius 2 is 2.08 bits per heavy atom. The lowest BCUT2D eigenvalue weighted by molar-refractivity contribution is -0.153. The molecular formula is C28H33N3O4S. The van der Waals surface area contributed by atoms with Crippen molar-refractivity contribution in [3.63, 3.8) is 0 Å². The molecule has 1 aliphatic rings. The van der Waals surface area contributed by atoms with Gasteiger partial charge in [0, 0.05) is 38.1 Å². The zero-order chi connectivity index (χ0) is 25.7. The first-order chi connectivity index (χ1) is 17.3. The Morgan fingerprint density at radius 1 is 1.31 bits per heavy atom. The van der Waals surface area contributed by atoms with Crippen molar-refractivity contribution in [3.05, 3.63) is 52.3 Å². The van der Waals surface area contributed by atoms with Crippen LogP contribution in [-0.2, 0) is 4.79 Å². The molecule has 1 saturated heterocycles. The number of thiophene rings is 1. The number of aromatic nitrogens is 1. The zero-order valence-electron chi connectivity index (χ0n) is 21.0. The van der Waals surface area contributed by atoms with E-state index >= 15 is 0 Å². The molecule has 190 valence electrons. The minimum absolute atomic E-state index is 0.349. The summed E-state index contributed by atoms with van der Waals surface area (Å²) in [5.74, 6) is 6.28. The number of methoxy groups -OCH3 is 1. The molecular weight excluding hydrogens is 474 g/mol. The molecule has 1 aromatic carbocycles. The fourth-order valence-electron chi connectivity index (χ4n) is 4.87. The van der Waals surface area contributed by atoms with Crippen molar-refractivity contribution in [2.24, 2.45) is 5.41 Å². The number of pyridine rings is 1. The van der Waals surface area contributed by atoms with E-state index in [-0.39, 0.29) is 0 Å². The van der Waals surface area contributed by atoms with Crippen molar-refractivity contribution in [3.8, 4) is 17.6 Å². The highest BCUT2D eigenvalue weighted by molar-refractivity contribution is 7.10. The second kappa shape index (κ2) is 11.3. The smallest absolute Gasteiger partial charge is 0.309 e. The van der Waals surface area contributed by atoms with Crippen LogP contribution in [0.25, 0.3) is 10.9 Å². The number of nitrogens with zero attached hydrogens (tertiary/aromatic N) is 3. The molecule has 0 aliphatic carbocycles. The number of carboxylic acids is 1. The van der Waals surface area contributed by atoms with E-state index < -0.39 is 17.5 Å². The van der Waals surface area contributed by atoms with Gasteiger partial charge in [-0.05, 0) is 55.3 Å². The number of carboxylic acid groups (broad SMARTS) is 1. The molecule has 0 spiro atoms. The van der Waals surface area contributed by atoms with Crippen LogP contribution in [0.3, 0.4) is 0 Å². The lowest BCUT2D eigenvalue weighted by Gasteiger charge is -2.38. The lowest BCUT2D eigenvalue weighted by Crippen LogP contribution is -2.44. The summed E-state index contributed by atoms with van der Waals surface area (Å²) in [6.07, 6.45) is 2.77. The van der Waals surface area contributed by atoms with E-state index in [1.54, 1.807) is 24.6 Å². The van der Waals surface area contributed by atoms with E-state index in [0.717, 1.165) is 27.0 Å². The quantitative estimate of drug-likeness (QED) is 0.437. The molecule has 36 heavy (non-hydrogen) atoms. The molecule has 0 saturated carbocycles. The van der Waals surface area contributed by atoms with Gasteiger partial charge in [-0.3, -0.25) is 14.7 Å². The van der Waals surface area contributed by atoms with E-state index in [2.05, 4.69) is 21.7 Å². The van der Waals surface area contributed by atoms with Gasteiger partial charge in [0.25, 0.3) is 0 Å². The van der Waals surface area contributed by atoms with Crippen molar-refractivity contribution < 1.29 is 19.7 Å². The second-order valence-corrected chi connectivity index (χ2v) is 10.5. The molecule has 1 aliphatic heterocycles. The molecule has 3 aromatic rings. The molecule has 8 heteroatoms. The summed E-state index contributed by atoms with van der Waals surface area (Å²) < 4.78 is 5.40. The third-order valence-corrected chi connectivity index (χ3v) is 7.89. The van der Waals surface area contributed by atoms with E-state index in [9.17, 15) is 15.0 Å². The predicted molar refractivity (Wildman–Crippen MR) is 144 cm³/mol. The van der Waals surface area contributed by atoms with Gasteiger partial charge >= 0.3 is 5.97 Å². The number of rotatable bonds is 8. The lowest BCUT2D eigenvalue weighted by atomic mass is 9.74. The number of fused-ring (bicyclic) bond motifs is 1. The summed E-state index contributed by atoms with van der Waals surface area (Å²) in [7, 11) is 5.43. The molecule has 0 bridgehead atoms. The van der Waals surface area contributed by atoms with Crippen LogP contribution in [0.15, 0.2) is 41.9 Å². The number of aliphatic hydroxyl groups excluding tert-OH is 1. The van der Waals surface area contributed by atoms with E-state index in [1.165, 1.54) is 0 Å². The highest BCUT2D eigenvalue weighted by atomic mass is 32.1. The van der Waals surface area contributed by atoms with Gasteiger partial charge in [0.05, 0.1) is 47.5 Å². The third kappa shape index (κ3) is 5.65. The average Bonchev–Trinajstić information content (AvgIpc) is 3.40. The van der Waals surface area contributed by atoms with Crippen molar-refractivity contribution in [1.29, 1.82) is 0 Å². The van der Waals surface area contributed by atoms with Crippen molar-refractivity contribution in [1.82, 2.24) is 9.88 Å². The number of benzene rings is 1. The Hall–Kier alpha value is -3.12. The van der Waals surface area contributed by atoms with Crippen LogP contribution in [0, 0.1) is 17.3 Å². The largest absolute Gasteiger partial charge is 0.497 e. The Labute approximate surface area is 216 Å². The maximum absolute atomic E-state index is 12.4. The number of hydrogen-bond donors (Lipinski definition) is 2. The molecule has 0 unspecified atom stereocenters. The summed E-state index contributed by atoms with van der Waals surface area (Å²) in [6, 6.07) is 9.59. The number of likely N-dealkylation sites (tertiary alicyclic amines) is 1. The Kier molecular flexibility index (Phi) is 8.14. The minimum atomic E-state index is -0.850. The monoisotopic (exact) mass is 507 g/mol. The zero-order valence-corrected chi connectivity index (χ0v) is 21.8. The number of hydrogen-bond acceptors (Lipinski definition) is 7. The Morgan fingerprint density at radius 3 is 2.72 bits per heavy atom. The van der Waals surface area contributed by atoms with E-state index in [1.807, 2.05) is 54.7 Å². The topological polar surface area (TPSA) is 86.1 Å². The maximum Gasteiger partial charge on any atom is 0.309 e. The standard InChI is InChI=1S/C28H33N3O4S/c1-30(2)24-19-29-23-9-8-20(35-3)18-22(23)26(24)25(32)10-11-28(27(33)34)12-15-31(16-13-28)14-4-6-21-7-5-17-36-21/h5,7-9,17-19,25,32H,10-16H2,1-3H3,(H,33,34)/t25-/m1/s1. The molecule has 0 amide bonds. The summed E-state index contributed by atoms with van der Waals surface area (Å²) in [4.78, 5) is 22.1. The van der Waals surface area contributed by atoms with Crippen LogP contribution in [-0.4, -0.2) is 66.9 Å². The summed E-state index contributed by atoms with van der Waals surface area (Å²) in [6.45, 7) is 1.99. The van der Waals surface area contributed by atoms with Crippen LogP contribution in [0.5, 0.6) is 5.75 Å². The molecule has 2 aromatic heterocycles. The summed E-state index contributed by atoms with van der Waals surface area (Å²) >= 11 is 1.62. The van der Waals surface area contributed by atoms with Crippen LogP contribution in [0.4, 0.5) is 5.69 Å². The van der Waals surface area contributed by atoms with Crippen molar-refractivity contribution >= 4 is 33.9 Å². The first-order valence-corrected chi connectivity index (χ1v) is 13.0. The SMILES string of the molecule is COc1ccc2ncc(N(C)C)c([C@H](O)CCC3(C(=O)O)CCN(CC#Cc4cccs4)CC3)c2c1. The molecule has 3 heterocycles. The minimum Gasteiger partial charge on any atom is -0.497 e. The number of aliphatic carboxylic acids is 1. The Balaban J connectivity index is 1.48. The maximum atomic E-state index is 12.4. The normalized spacial score (nSPS) is 16.2. The van der Waals surface area contributed by atoms with E-state index in [4.69, 9.17) is 4.74 Å². The third-order valence-electron chi connectivity index (χ3n) is 7.11. The highest BCUT2D eigenvalue weighted by Gasteiger charge is 2.41. The van der Waals surface area contributed by atoms with Crippen molar-refractivity contribution in [2.75, 3.05) is 45.7 Å². The number of ether oxygens (including phenoxy) is 1. The van der Waals surface area contributed by atoms with Gasteiger partial charge in [-0.25, -0.2) is 0 Å². The number of aliphatic hydroxyl groups is 1. The van der Waals surface area contributed by atoms with Crippen molar-refractivity contribution in [2.45, 2.75) is 31.8 Å². The summed E-state index contributed by atoms with van der Waals surface area (Å²) in [5.41, 5.74) is 1.48. The Bertz CT molecular complexity index is 1260. The molecule has 1 atom stereocenters. The molecule has 0 radical (unpaired) electrons. The van der Waals surface area contributed by atoms with E-state index in [0.29, 0.717) is 51.1 Å². The number of carbonyl (C=O) groups is 1. The van der Waals surface area contributed by atoms with Gasteiger partial charge in [-0.15, -0.1) is 11.3 Å². The molecule has 1 fully saturated rings. The molecule has 4 rings (SSSR count).